The summed E-state index contributed by atoms with van der Waals surface area (Å²) in [5.74, 6) is 0.837. The Labute approximate surface area is 193 Å². The molecule has 0 saturated carbocycles. The smallest absolute Gasteiger partial charge is 0.328 e. The van der Waals surface area contributed by atoms with E-state index in [4.69, 9.17) is 9.47 Å². The van der Waals surface area contributed by atoms with Gasteiger partial charge in [-0.15, -0.1) is 0 Å². The molecule has 1 heterocycles. The van der Waals surface area contributed by atoms with Gasteiger partial charge in [0.05, 0.1) is 19.9 Å². The van der Waals surface area contributed by atoms with Gasteiger partial charge in [-0.1, -0.05) is 66.7 Å². The van der Waals surface area contributed by atoms with E-state index in [1.165, 1.54) is 7.11 Å². The average Bonchev–Trinajstić information content (AvgIpc) is 2.89. The van der Waals surface area contributed by atoms with Gasteiger partial charge in [0.25, 0.3) is 0 Å². The molecule has 0 aliphatic carbocycles. The standard InChI is InChI=1S/C27H25N3O3/c1-32-23-14-12-21(13-15-23)20-8-10-22(11-9-20)24-16-17-28-27(29-24)30-25(26(31)33-2)18-19-6-4-3-5-7-19/h3-17,25H,18H2,1-2H3,(H,28,29,30). The summed E-state index contributed by atoms with van der Waals surface area (Å²) in [7, 11) is 3.04. The highest BCUT2D eigenvalue weighted by Gasteiger charge is 2.21. The van der Waals surface area contributed by atoms with Crippen molar-refractivity contribution < 1.29 is 14.3 Å². The maximum absolute atomic E-state index is 12.3. The topological polar surface area (TPSA) is 73.3 Å². The Morgan fingerprint density at radius 3 is 2.12 bits per heavy atom. The number of ether oxygens (including phenoxy) is 2. The SMILES string of the molecule is COC(=O)C(Cc1ccccc1)Nc1nccc(-c2ccc(-c3ccc(OC)cc3)cc2)n1. The molecule has 0 bridgehead atoms. The van der Waals surface area contributed by atoms with E-state index in [2.05, 4.69) is 27.4 Å². The van der Waals surface area contributed by atoms with Crippen LogP contribution in [0.4, 0.5) is 5.95 Å². The van der Waals surface area contributed by atoms with Crippen LogP contribution in [0, 0.1) is 0 Å². The fraction of sp³-hybridized carbons (Fsp3) is 0.148. The summed E-state index contributed by atoms with van der Waals surface area (Å²) in [4.78, 5) is 21.3. The molecule has 4 aromatic rings. The van der Waals surface area contributed by atoms with E-state index in [-0.39, 0.29) is 5.97 Å². The van der Waals surface area contributed by atoms with E-state index >= 15 is 0 Å². The lowest BCUT2D eigenvalue weighted by molar-refractivity contribution is -0.141. The van der Waals surface area contributed by atoms with Gasteiger partial charge in [-0.3, -0.25) is 0 Å². The second kappa shape index (κ2) is 10.4. The summed E-state index contributed by atoms with van der Waals surface area (Å²) >= 11 is 0. The molecule has 4 rings (SSSR count). The zero-order chi connectivity index (χ0) is 23.0. The summed E-state index contributed by atoms with van der Waals surface area (Å²) < 4.78 is 10.2. The molecule has 0 saturated heterocycles. The van der Waals surface area contributed by atoms with Crippen LogP contribution in [0.2, 0.25) is 0 Å². The van der Waals surface area contributed by atoms with Crippen molar-refractivity contribution in [3.8, 4) is 28.1 Å². The second-order valence-corrected chi connectivity index (χ2v) is 7.48. The number of methoxy groups -OCH3 is 2. The number of aromatic nitrogens is 2. The van der Waals surface area contributed by atoms with Crippen molar-refractivity contribution in [3.05, 3.63) is 96.7 Å². The first kappa shape index (κ1) is 22.0. The van der Waals surface area contributed by atoms with E-state index in [1.807, 2.05) is 72.8 Å². The monoisotopic (exact) mass is 439 g/mol. The maximum Gasteiger partial charge on any atom is 0.328 e. The van der Waals surface area contributed by atoms with Crippen molar-refractivity contribution >= 4 is 11.9 Å². The zero-order valence-corrected chi connectivity index (χ0v) is 18.6. The van der Waals surface area contributed by atoms with Gasteiger partial charge < -0.3 is 14.8 Å². The lowest BCUT2D eigenvalue weighted by Crippen LogP contribution is -2.33. The number of benzene rings is 3. The van der Waals surface area contributed by atoms with Crippen molar-refractivity contribution in [2.24, 2.45) is 0 Å². The van der Waals surface area contributed by atoms with E-state index in [9.17, 15) is 4.79 Å². The van der Waals surface area contributed by atoms with Crippen molar-refractivity contribution in [1.82, 2.24) is 9.97 Å². The number of carbonyl (C=O) groups is 1. The molecular weight excluding hydrogens is 414 g/mol. The van der Waals surface area contributed by atoms with Crippen molar-refractivity contribution in [2.75, 3.05) is 19.5 Å². The van der Waals surface area contributed by atoms with Crippen LogP contribution < -0.4 is 10.1 Å². The molecule has 6 heteroatoms. The molecule has 3 aromatic carbocycles. The van der Waals surface area contributed by atoms with E-state index in [0.29, 0.717) is 12.4 Å². The van der Waals surface area contributed by atoms with Crippen LogP contribution in [0.15, 0.2) is 91.1 Å². The first-order valence-corrected chi connectivity index (χ1v) is 10.6. The summed E-state index contributed by atoms with van der Waals surface area (Å²) in [6.07, 6.45) is 2.15. The van der Waals surface area contributed by atoms with Crippen LogP contribution in [0.3, 0.4) is 0 Å². The summed E-state index contributed by atoms with van der Waals surface area (Å²) in [5, 5.41) is 3.13. The molecule has 33 heavy (non-hydrogen) atoms. The van der Waals surface area contributed by atoms with Crippen molar-refractivity contribution in [3.63, 3.8) is 0 Å². The number of esters is 1. The highest BCUT2D eigenvalue weighted by Crippen LogP contribution is 2.26. The van der Waals surface area contributed by atoms with Gasteiger partial charge in [-0.25, -0.2) is 14.8 Å². The van der Waals surface area contributed by atoms with Crippen LogP contribution in [0.1, 0.15) is 5.56 Å². The number of carbonyl (C=O) groups excluding carboxylic acids is 1. The zero-order valence-electron chi connectivity index (χ0n) is 18.6. The Morgan fingerprint density at radius 2 is 1.48 bits per heavy atom. The van der Waals surface area contributed by atoms with Crippen molar-refractivity contribution in [2.45, 2.75) is 12.5 Å². The fourth-order valence-corrected chi connectivity index (χ4v) is 3.55. The molecule has 0 fully saturated rings. The molecule has 0 aliphatic heterocycles. The molecule has 1 aromatic heterocycles. The van der Waals surface area contributed by atoms with E-state index < -0.39 is 6.04 Å². The molecule has 6 nitrogen and oxygen atoms in total. The first-order chi connectivity index (χ1) is 16.2. The second-order valence-electron chi connectivity index (χ2n) is 7.48. The van der Waals surface area contributed by atoms with Gasteiger partial charge in [-0.05, 0) is 34.9 Å². The van der Waals surface area contributed by atoms with Gasteiger partial charge in [0.2, 0.25) is 5.95 Å². The fourth-order valence-electron chi connectivity index (χ4n) is 3.55. The number of rotatable bonds is 8. The number of hydrogen-bond donors (Lipinski definition) is 1. The van der Waals surface area contributed by atoms with Crippen LogP contribution in [0.25, 0.3) is 22.4 Å². The minimum absolute atomic E-state index is 0.364. The Kier molecular flexibility index (Phi) is 6.95. The van der Waals surface area contributed by atoms with Gasteiger partial charge in [0, 0.05) is 18.2 Å². The average molecular weight is 440 g/mol. The summed E-state index contributed by atoms with van der Waals surface area (Å²) in [6.45, 7) is 0. The van der Waals surface area contributed by atoms with Gasteiger partial charge >= 0.3 is 5.97 Å². The third kappa shape index (κ3) is 5.54. The van der Waals surface area contributed by atoms with Gasteiger partial charge in [0.1, 0.15) is 11.8 Å². The van der Waals surface area contributed by atoms with Crippen LogP contribution >= 0.6 is 0 Å². The Hall–Kier alpha value is -4.19. The third-order valence-electron chi connectivity index (χ3n) is 5.33. The minimum atomic E-state index is -0.593. The van der Waals surface area contributed by atoms with Crippen LogP contribution in [-0.4, -0.2) is 36.2 Å². The molecular formula is C27H25N3O3. The van der Waals surface area contributed by atoms with Gasteiger partial charge in [-0.2, -0.15) is 0 Å². The lowest BCUT2D eigenvalue weighted by atomic mass is 10.0. The molecule has 0 radical (unpaired) electrons. The first-order valence-electron chi connectivity index (χ1n) is 10.6. The predicted molar refractivity (Wildman–Crippen MR) is 129 cm³/mol. The number of anilines is 1. The Balaban J connectivity index is 1.52. The Bertz CT molecular complexity index is 1190. The molecule has 0 aliphatic rings. The molecule has 0 amide bonds. The van der Waals surface area contributed by atoms with Gasteiger partial charge in [0.15, 0.2) is 0 Å². The van der Waals surface area contributed by atoms with E-state index in [0.717, 1.165) is 33.7 Å². The molecule has 166 valence electrons. The number of nitrogens with one attached hydrogen (secondary N) is 1. The van der Waals surface area contributed by atoms with E-state index in [1.54, 1.807) is 13.3 Å². The molecule has 0 spiro atoms. The van der Waals surface area contributed by atoms with Crippen LogP contribution in [0.5, 0.6) is 5.75 Å². The van der Waals surface area contributed by atoms with Crippen molar-refractivity contribution in [1.29, 1.82) is 0 Å². The number of nitrogens with zero attached hydrogens (tertiary/aromatic N) is 2. The largest absolute Gasteiger partial charge is 0.497 e. The highest BCUT2D eigenvalue weighted by molar-refractivity contribution is 5.79. The minimum Gasteiger partial charge on any atom is -0.497 e. The lowest BCUT2D eigenvalue weighted by Gasteiger charge is -2.17. The normalized spacial score (nSPS) is 11.5. The highest BCUT2D eigenvalue weighted by atomic mass is 16.5. The molecule has 1 atom stereocenters. The van der Waals surface area contributed by atoms with Crippen LogP contribution in [-0.2, 0) is 16.0 Å². The number of hydrogen-bond acceptors (Lipinski definition) is 6. The molecule has 1 N–H and O–H groups in total. The summed E-state index contributed by atoms with van der Waals surface area (Å²) in [6, 6.07) is 27.1. The molecule has 1 unspecified atom stereocenters. The summed E-state index contributed by atoms with van der Waals surface area (Å²) in [5.41, 5.74) is 4.94. The predicted octanol–water partition coefficient (Wildman–Crippen LogP) is 5.02. The quantitative estimate of drug-likeness (QED) is 0.389. The third-order valence-corrected chi connectivity index (χ3v) is 5.33. The maximum atomic E-state index is 12.3. The Morgan fingerprint density at radius 1 is 0.848 bits per heavy atom.